The average Bonchev–Trinajstić information content (AvgIpc) is 2.53. The van der Waals surface area contributed by atoms with Gasteiger partial charge in [0.1, 0.15) is 0 Å². The summed E-state index contributed by atoms with van der Waals surface area (Å²) in [5, 5.41) is 9.27. The Labute approximate surface area is 121 Å². The molecule has 5 heteroatoms. The van der Waals surface area contributed by atoms with E-state index < -0.39 is 5.97 Å². The second-order valence-electron chi connectivity index (χ2n) is 4.91. The fourth-order valence-corrected chi connectivity index (χ4v) is 2.68. The molecule has 2 heterocycles. The van der Waals surface area contributed by atoms with Gasteiger partial charge in [-0.15, -0.1) is 0 Å². The molecule has 1 aromatic heterocycles. The largest absolute Gasteiger partial charge is 0.478 e. The molecule has 3 rings (SSSR count). The molecular weight excluding hydrogens is 268 g/mol. The number of pyridine rings is 1. The summed E-state index contributed by atoms with van der Waals surface area (Å²) >= 11 is 0. The van der Waals surface area contributed by atoms with Crippen molar-refractivity contribution in [2.45, 2.75) is 12.8 Å². The van der Waals surface area contributed by atoms with Gasteiger partial charge in [0.05, 0.1) is 11.1 Å². The molecule has 106 valence electrons. The molecule has 1 amide bonds. The molecule has 1 aliphatic rings. The van der Waals surface area contributed by atoms with Crippen LogP contribution in [0, 0.1) is 0 Å². The predicted molar refractivity (Wildman–Crippen MR) is 77.6 cm³/mol. The van der Waals surface area contributed by atoms with Crippen LogP contribution in [0.2, 0.25) is 0 Å². The van der Waals surface area contributed by atoms with Crippen LogP contribution in [0.1, 0.15) is 32.7 Å². The number of anilines is 1. The number of carbonyl (C=O) groups is 2. The van der Waals surface area contributed by atoms with Crippen LogP contribution < -0.4 is 4.90 Å². The molecule has 0 saturated heterocycles. The molecule has 0 atom stereocenters. The summed E-state index contributed by atoms with van der Waals surface area (Å²) in [5.41, 5.74) is 2.20. The van der Waals surface area contributed by atoms with Gasteiger partial charge in [0.15, 0.2) is 0 Å². The number of carboxylic acid groups (broad SMARTS) is 1. The zero-order valence-corrected chi connectivity index (χ0v) is 11.3. The van der Waals surface area contributed by atoms with Crippen LogP contribution in [0.25, 0.3) is 0 Å². The van der Waals surface area contributed by atoms with E-state index >= 15 is 0 Å². The molecule has 2 aromatic rings. The van der Waals surface area contributed by atoms with Crippen molar-refractivity contribution in [1.29, 1.82) is 0 Å². The van der Waals surface area contributed by atoms with Gasteiger partial charge in [0.25, 0.3) is 5.91 Å². The van der Waals surface area contributed by atoms with Gasteiger partial charge >= 0.3 is 5.97 Å². The lowest BCUT2D eigenvalue weighted by Gasteiger charge is -2.30. The molecule has 0 aliphatic carbocycles. The van der Waals surface area contributed by atoms with Gasteiger partial charge in [-0.3, -0.25) is 9.78 Å². The third kappa shape index (κ3) is 2.38. The molecule has 1 N–H and O–H groups in total. The molecule has 0 radical (unpaired) electrons. The van der Waals surface area contributed by atoms with Crippen molar-refractivity contribution in [2.75, 3.05) is 11.4 Å². The van der Waals surface area contributed by atoms with Gasteiger partial charge in [-0.05, 0) is 42.7 Å². The molecule has 0 fully saturated rings. The zero-order valence-electron chi connectivity index (χ0n) is 11.3. The first-order valence-electron chi connectivity index (χ1n) is 6.75. The fraction of sp³-hybridized carbons (Fsp3) is 0.188. The van der Waals surface area contributed by atoms with Gasteiger partial charge in [0.2, 0.25) is 0 Å². The second kappa shape index (κ2) is 5.36. The third-order valence-corrected chi connectivity index (χ3v) is 3.63. The van der Waals surface area contributed by atoms with E-state index in [-0.39, 0.29) is 11.5 Å². The first kappa shape index (κ1) is 13.3. The fourth-order valence-electron chi connectivity index (χ4n) is 2.68. The van der Waals surface area contributed by atoms with Crippen molar-refractivity contribution in [2.24, 2.45) is 0 Å². The van der Waals surface area contributed by atoms with Crippen LogP contribution >= 0.6 is 0 Å². The SMILES string of the molecule is O=C(O)c1cccc2c1CCCN2C(=O)c1cccnc1. The van der Waals surface area contributed by atoms with Gasteiger partial charge in [-0.25, -0.2) is 4.79 Å². The average molecular weight is 282 g/mol. The minimum absolute atomic E-state index is 0.147. The number of benzene rings is 1. The number of rotatable bonds is 2. The van der Waals surface area contributed by atoms with Crippen LogP contribution in [0.5, 0.6) is 0 Å². The van der Waals surface area contributed by atoms with E-state index in [1.54, 1.807) is 41.4 Å². The Morgan fingerprint density at radius 3 is 2.76 bits per heavy atom. The number of nitrogens with zero attached hydrogens (tertiary/aromatic N) is 2. The molecule has 0 spiro atoms. The maximum absolute atomic E-state index is 12.6. The maximum atomic E-state index is 12.6. The number of hydrogen-bond acceptors (Lipinski definition) is 3. The van der Waals surface area contributed by atoms with Crippen LogP contribution in [-0.2, 0) is 6.42 Å². The quantitative estimate of drug-likeness (QED) is 0.918. The standard InChI is InChI=1S/C16H14N2O3/c19-15(11-4-2-8-17-10-11)18-9-3-6-12-13(16(20)21)5-1-7-14(12)18/h1-2,4-5,7-8,10H,3,6,9H2,(H,20,21). The Kier molecular flexibility index (Phi) is 3.39. The Hall–Kier alpha value is -2.69. The first-order valence-corrected chi connectivity index (χ1v) is 6.75. The molecule has 1 aromatic carbocycles. The van der Waals surface area contributed by atoms with Crippen LogP contribution in [0.4, 0.5) is 5.69 Å². The Morgan fingerprint density at radius 2 is 2.05 bits per heavy atom. The molecule has 0 unspecified atom stereocenters. The number of aromatic carboxylic acids is 1. The zero-order chi connectivity index (χ0) is 14.8. The summed E-state index contributed by atoms with van der Waals surface area (Å²) in [5.74, 6) is -1.10. The van der Waals surface area contributed by atoms with E-state index in [1.807, 2.05) is 0 Å². The molecular formula is C16H14N2O3. The van der Waals surface area contributed by atoms with E-state index in [1.165, 1.54) is 6.20 Å². The van der Waals surface area contributed by atoms with Crippen molar-refractivity contribution >= 4 is 17.6 Å². The van der Waals surface area contributed by atoms with Gasteiger partial charge < -0.3 is 10.0 Å². The predicted octanol–water partition coefficient (Wildman–Crippen LogP) is 2.37. The summed E-state index contributed by atoms with van der Waals surface area (Å²) in [6.07, 6.45) is 4.57. The Balaban J connectivity index is 2.04. The van der Waals surface area contributed by atoms with Crippen LogP contribution in [-0.4, -0.2) is 28.5 Å². The molecule has 21 heavy (non-hydrogen) atoms. The first-order chi connectivity index (χ1) is 10.2. The van der Waals surface area contributed by atoms with Crippen molar-refractivity contribution < 1.29 is 14.7 Å². The normalized spacial score (nSPS) is 13.6. The van der Waals surface area contributed by atoms with Crippen molar-refractivity contribution in [3.8, 4) is 0 Å². The number of carbonyl (C=O) groups excluding carboxylic acids is 1. The van der Waals surface area contributed by atoms with Gasteiger partial charge in [-0.2, -0.15) is 0 Å². The second-order valence-corrected chi connectivity index (χ2v) is 4.91. The van der Waals surface area contributed by atoms with Crippen LogP contribution in [0.3, 0.4) is 0 Å². The molecule has 0 saturated carbocycles. The third-order valence-electron chi connectivity index (χ3n) is 3.63. The number of amides is 1. The highest BCUT2D eigenvalue weighted by atomic mass is 16.4. The number of carboxylic acids is 1. The number of hydrogen-bond donors (Lipinski definition) is 1. The minimum Gasteiger partial charge on any atom is -0.478 e. The highest BCUT2D eigenvalue weighted by Gasteiger charge is 2.26. The molecule has 0 bridgehead atoms. The Morgan fingerprint density at radius 1 is 1.19 bits per heavy atom. The van der Waals surface area contributed by atoms with E-state index in [0.717, 1.165) is 12.0 Å². The lowest BCUT2D eigenvalue weighted by molar-refractivity contribution is 0.0695. The molecule has 1 aliphatic heterocycles. The topological polar surface area (TPSA) is 70.5 Å². The van der Waals surface area contributed by atoms with E-state index in [9.17, 15) is 14.7 Å². The number of aromatic nitrogens is 1. The van der Waals surface area contributed by atoms with Crippen LogP contribution in [0.15, 0.2) is 42.7 Å². The van der Waals surface area contributed by atoms with Crippen molar-refractivity contribution in [1.82, 2.24) is 4.98 Å². The summed E-state index contributed by atoms with van der Waals surface area (Å²) in [4.78, 5) is 29.5. The minimum atomic E-state index is -0.956. The number of fused-ring (bicyclic) bond motifs is 1. The molecule has 5 nitrogen and oxygen atoms in total. The monoisotopic (exact) mass is 282 g/mol. The lowest BCUT2D eigenvalue weighted by atomic mass is 9.96. The highest BCUT2D eigenvalue weighted by molar-refractivity contribution is 6.07. The lowest BCUT2D eigenvalue weighted by Crippen LogP contribution is -2.36. The van der Waals surface area contributed by atoms with E-state index in [2.05, 4.69) is 4.98 Å². The summed E-state index contributed by atoms with van der Waals surface area (Å²) in [7, 11) is 0. The summed E-state index contributed by atoms with van der Waals surface area (Å²) in [6.45, 7) is 0.587. The van der Waals surface area contributed by atoms with Crippen molar-refractivity contribution in [3.05, 3.63) is 59.4 Å². The van der Waals surface area contributed by atoms with Gasteiger partial charge in [0, 0.05) is 24.6 Å². The van der Waals surface area contributed by atoms with E-state index in [4.69, 9.17) is 0 Å². The highest BCUT2D eigenvalue weighted by Crippen LogP contribution is 2.31. The summed E-state index contributed by atoms with van der Waals surface area (Å²) in [6, 6.07) is 8.49. The van der Waals surface area contributed by atoms with Gasteiger partial charge in [-0.1, -0.05) is 6.07 Å². The van der Waals surface area contributed by atoms with Crippen molar-refractivity contribution in [3.63, 3.8) is 0 Å². The maximum Gasteiger partial charge on any atom is 0.336 e. The Bertz CT molecular complexity index is 698. The smallest absolute Gasteiger partial charge is 0.336 e. The summed E-state index contributed by atoms with van der Waals surface area (Å²) < 4.78 is 0. The van der Waals surface area contributed by atoms with E-state index in [0.29, 0.717) is 24.2 Å².